The average molecular weight is 242 g/mol. The molecule has 0 spiro atoms. The van der Waals surface area contributed by atoms with Crippen LogP contribution in [0.5, 0.6) is 5.75 Å². The summed E-state index contributed by atoms with van der Waals surface area (Å²) in [5.41, 5.74) is 2.98. The Labute approximate surface area is 103 Å². The number of benzene rings is 1. The molecule has 0 unspecified atom stereocenters. The maximum Gasteiger partial charge on any atom is 0.291 e. The fourth-order valence-electron chi connectivity index (χ4n) is 1.23. The van der Waals surface area contributed by atoms with Crippen molar-refractivity contribution in [1.82, 2.24) is 15.4 Å². The summed E-state index contributed by atoms with van der Waals surface area (Å²) in [6.45, 7) is 0. The number of amides is 1. The van der Waals surface area contributed by atoms with Crippen molar-refractivity contribution >= 4 is 12.1 Å². The highest BCUT2D eigenvalue weighted by molar-refractivity contribution is 5.93. The van der Waals surface area contributed by atoms with E-state index in [9.17, 15) is 9.90 Å². The first-order valence-electron chi connectivity index (χ1n) is 5.15. The van der Waals surface area contributed by atoms with E-state index >= 15 is 0 Å². The number of carbonyl (C=O) groups is 1. The smallest absolute Gasteiger partial charge is 0.291 e. The SMILES string of the molecule is O=C(N/N=C\c1ccccc1O)c1cnccn1. The second kappa shape index (κ2) is 5.53. The molecule has 0 atom stereocenters. The fraction of sp³-hybridized carbons (Fsp3) is 0. The normalized spacial score (nSPS) is 10.4. The van der Waals surface area contributed by atoms with Crippen molar-refractivity contribution in [2.45, 2.75) is 0 Å². The van der Waals surface area contributed by atoms with E-state index in [0.29, 0.717) is 5.56 Å². The van der Waals surface area contributed by atoms with Crippen LogP contribution in [0.3, 0.4) is 0 Å². The average Bonchev–Trinajstić information content (AvgIpc) is 2.42. The molecule has 0 aliphatic heterocycles. The summed E-state index contributed by atoms with van der Waals surface area (Å²) in [6, 6.07) is 6.66. The summed E-state index contributed by atoms with van der Waals surface area (Å²) in [4.78, 5) is 19.1. The molecule has 6 heteroatoms. The molecule has 2 aromatic rings. The van der Waals surface area contributed by atoms with Crippen molar-refractivity contribution in [3.8, 4) is 5.75 Å². The summed E-state index contributed by atoms with van der Waals surface area (Å²) < 4.78 is 0. The molecule has 2 N–H and O–H groups in total. The number of para-hydroxylation sites is 1. The van der Waals surface area contributed by atoms with E-state index in [1.54, 1.807) is 18.2 Å². The molecule has 0 saturated carbocycles. The minimum atomic E-state index is -0.463. The van der Waals surface area contributed by atoms with E-state index in [-0.39, 0.29) is 11.4 Å². The van der Waals surface area contributed by atoms with Gasteiger partial charge in [-0.25, -0.2) is 10.4 Å². The maximum atomic E-state index is 11.5. The Morgan fingerprint density at radius 3 is 2.89 bits per heavy atom. The number of hydrogen-bond acceptors (Lipinski definition) is 5. The topological polar surface area (TPSA) is 87.5 Å². The van der Waals surface area contributed by atoms with E-state index in [4.69, 9.17) is 0 Å². The maximum absolute atomic E-state index is 11.5. The minimum Gasteiger partial charge on any atom is -0.507 e. The number of aromatic hydroxyl groups is 1. The molecule has 0 aliphatic carbocycles. The third-order valence-corrected chi connectivity index (χ3v) is 2.10. The van der Waals surface area contributed by atoms with Crippen LogP contribution in [0, 0.1) is 0 Å². The second-order valence-electron chi connectivity index (χ2n) is 3.35. The van der Waals surface area contributed by atoms with Crippen molar-refractivity contribution in [2.75, 3.05) is 0 Å². The van der Waals surface area contributed by atoms with Gasteiger partial charge in [0, 0.05) is 18.0 Å². The zero-order valence-corrected chi connectivity index (χ0v) is 9.32. The predicted octanol–water partition coefficient (Wildman–Crippen LogP) is 0.946. The largest absolute Gasteiger partial charge is 0.507 e. The van der Waals surface area contributed by atoms with Crippen LogP contribution in [0.15, 0.2) is 48.0 Å². The van der Waals surface area contributed by atoms with Crippen LogP contribution in [0.2, 0.25) is 0 Å². The number of carbonyl (C=O) groups excluding carboxylic acids is 1. The van der Waals surface area contributed by atoms with E-state index in [0.717, 1.165) is 0 Å². The van der Waals surface area contributed by atoms with Gasteiger partial charge in [-0.1, -0.05) is 12.1 Å². The Morgan fingerprint density at radius 2 is 2.17 bits per heavy atom. The molecule has 0 saturated heterocycles. The van der Waals surface area contributed by atoms with Crippen LogP contribution in [-0.2, 0) is 0 Å². The second-order valence-corrected chi connectivity index (χ2v) is 3.35. The van der Waals surface area contributed by atoms with E-state index < -0.39 is 5.91 Å². The van der Waals surface area contributed by atoms with E-state index in [2.05, 4.69) is 20.5 Å². The molecule has 0 fully saturated rings. The molecule has 0 bridgehead atoms. The van der Waals surface area contributed by atoms with Crippen LogP contribution in [0.25, 0.3) is 0 Å². The van der Waals surface area contributed by atoms with Crippen LogP contribution in [-0.4, -0.2) is 27.2 Å². The van der Waals surface area contributed by atoms with Crippen molar-refractivity contribution < 1.29 is 9.90 Å². The van der Waals surface area contributed by atoms with Crippen molar-refractivity contribution in [3.05, 3.63) is 54.1 Å². The van der Waals surface area contributed by atoms with Gasteiger partial charge in [0.05, 0.1) is 12.4 Å². The molecule has 90 valence electrons. The monoisotopic (exact) mass is 242 g/mol. The van der Waals surface area contributed by atoms with Crippen LogP contribution < -0.4 is 5.43 Å². The van der Waals surface area contributed by atoms with Gasteiger partial charge in [-0.05, 0) is 12.1 Å². The number of aromatic nitrogens is 2. The van der Waals surface area contributed by atoms with E-state index in [1.807, 2.05) is 0 Å². The molecule has 1 aromatic carbocycles. The number of phenols is 1. The number of phenolic OH excluding ortho intramolecular Hbond substituents is 1. The molecule has 0 radical (unpaired) electrons. The summed E-state index contributed by atoms with van der Waals surface area (Å²) in [6.07, 6.45) is 5.58. The standard InChI is InChI=1S/C12H10N4O2/c17-11-4-2-1-3-9(11)7-15-16-12(18)10-8-13-5-6-14-10/h1-8,17H,(H,16,18)/b15-7-. The van der Waals surface area contributed by atoms with Gasteiger partial charge in [0.1, 0.15) is 11.4 Å². The molecule has 1 amide bonds. The number of nitrogens with zero attached hydrogens (tertiary/aromatic N) is 3. The van der Waals surface area contributed by atoms with Crippen LogP contribution >= 0.6 is 0 Å². The molecule has 2 rings (SSSR count). The summed E-state index contributed by atoms with van der Waals surface area (Å²) >= 11 is 0. The van der Waals surface area contributed by atoms with Crippen LogP contribution in [0.4, 0.5) is 0 Å². The third kappa shape index (κ3) is 2.88. The van der Waals surface area contributed by atoms with Crippen molar-refractivity contribution in [3.63, 3.8) is 0 Å². The number of hydrazone groups is 1. The molecule has 1 aromatic heterocycles. The summed E-state index contributed by atoms with van der Waals surface area (Å²) in [5, 5.41) is 13.2. The summed E-state index contributed by atoms with van der Waals surface area (Å²) in [5.74, 6) is -0.371. The fourth-order valence-corrected chi connectivity index (χ4v) is 1.23. The molecular weight excluding hydrogens is 232 g/mol. The number of hydrogen-bond donors (Lipinski definition) is 2. The minimum absolute atomic E-state index is 0.0926. The molecule has 18 heavy (non-hydrogen) atoms. The third-order valence-electron chi connectivity index (χ3n) is 2.10. The van der Waals surface area contributed by atoms with Gasteiger partial charge in [-0.2, -0.15) is 5.10 Å². The lowest BCUT2D eigenvalue weighted by Gasteiger charge is -1.98. The summed E-state index contributed by atoms with van der Waals surface area (Å²) in [7, 11) is 0. The highest BCUT2D eigenvalue weighted by Crippen LogP contribution is 2.12. The van der Waals surface area contributed by atoms with Gasteiger partial charge >= 0.3 is 0 Å². The van der Waals surface area contributed by atoms with Gasteiger partial charge in [-0.15, -0.1) is 0 Å². The Balaban J connectivity index is 2.00. The lowest BCUT2D eigenvalue weighted by atomic mass is 10.2. The number of nitrogens with one attached hydrogen (secondary N) is 1. The Bertz CT molecular complexity index is 569. The van der Waals surface area contributed by atoms with Crippen molar-refractivity contribution in [2.24, 2.45) is 5.10 Å². The van der Waals surface area contributed by atoms with Gasteiger partial charge in [0.15, 0.2) is 0 Å². The van der Waals surface area contributed by atoms with Gasteiger partial charge in [0.2, 0.25) is 0 Å². The first kappa shape index (κ1) is 11.7. The lowest BCUT2D eigenvalue weighted by Crippen LogP contribution is -2.19. The quantitative estimate of drug-likeness (QED) is 0.619. The molecule has 6 nitrogen and oxygen atoms in total. The van der Waals surface area contributed by atoms with Gasteiger partial charge in [-0.3, -0.25) is 9.78 Å². The van der Waals surface area contributed by atoms with Crippen LogP contribution in [0.1, 0.15) is 16.1 Å². The first-order chi connectivity index (χ1) is 8.77. The highest BCUT2D eigenvalue weighted by Gasteiger charge is 2.04. The lowest BCUT2D eigenvalue weighted by molar-refractivity contribution is 0.0949. The molecule has 1 heterocycles. The van der Waals surface area contributed by atoms with E-state index in [1.165, 1.54) is 30.9 Å². The first-order valence-corrected chi connectivity index (χ1v) is 5.15. The Kier molecular flexibility index (Phi) is 3.60. The highest BCUT2D eigenvalue weighted by atomic mass is 16.3. The zero-order valence-electron chi connectivity index (χ0n) is 9.32. The zero-order chi connectivity index (χ0) is 12.8. The Morgan fingerprint density at radius 1 is 1.33 bits per heavy atom. The van der Waals surface area contributed by atoms with Crippen molar-refractivity contribution in [1.29, 1.82) is 0 Å². The van der Waals surface area contributed by atoms with Gasteiger partial charge in [0.25, 0.3) is 5.91 Å². The Hall–Kier alpha value is -2.76. The number of rotatable bonds is 3. The predicted molar refractivity (Wildman–Crippen MR) is 65.2 cm³/mol. The molecule has 0 aliphatic rings. The van der Waals surface area contributed by atoms with Gasteiger partial charge < -0.3 is 5.11 Å². The molecular formula is C12H10N4O2.